The third-order valence-corrected chi connectivity index (χ3v) is 5.72. The van der Waals surface area contributed by atoms with E-state index in [1.807, 2.05) is 0 Å². The molecule has 0 aromatic heterocycles. The summed E-state index contributed by atoms with van der Waals surface area (Å²) in [4.78, 5) is 50.5. The fourth-order valence-corrected chi connectivity index (χ4v) is 4.60. The minimum Gasteiger partial charge on any atom is -0.394 e. The molecule has 2 amide bonds. The van der Waals surface area contributed by atoms with E-state index in [4.69, 9.17) is 5.11 Å². The number of benzene rings is 1. The number of carbonyl (C=O) groups excluding carboxylic acids is 4. The summed E-state index contributed by atoms with van der Waals surface area (Å²) in [6.07, 6.45) is 0. The molecule has 1 spiro atoms. The second-order valence-electron chi connectivity index (χ2n) is 5.80. The second kappa shape index (κ2) is 5.02. The summed E-state index contributed by atoms with van der Waals surface area (Å²) >= 11 is 1.09. The van der Waals surface area contributed by atoms with Gasteiger partial charge in [0.1, 0.15) is 6.04 Å². The SMILES string of the molecule is O=C1C2=C(C(=O)c3ccccc31)[C@]1(CS2)NC(=O)[C@H](CO)NC1=O. The molecule has 2 heterocycles. The second-order valence-corrected chi connectivity index (χ2v) is 6.79. The summed E-state index contributed by atoms with van der Waals surface area (Å²) in [5, 5.41) is 14.1. The molecular weight excluding hydrogens is 332 g/mol. The number of hydrogen-bond acceptors (Lipinski definition) is 6. The van der Waals surface area contributed by atoms with Crippen LogP contribution >= 0.6 is 11.8 Å². The van der Waals surface area contributed by atoms with Crippen LogP contribution < -0.4 is 10.6 Å². The molecule has 24 heavy (non-hydrogen) atoms. The topological polar surface area (TPSA) is 113 Å². The Bertz CT molecular complexity index is 862. The highest BCUT2D eigenvalue weighted by Crippen LogP contribution is 2.46. The predicted octanol–water partition coefficient (Wildman–Crippen LogP) is -0.588. The van der Waals surface area contributed by atoms with E-state index in [-0.39, 0.29) is 27.6 Å². The lowest BCUT2D eigenvalue weighted by molar-refractivity contribution is -0.140. The molecule has 0 unspecified atom stereocenters. The summed E-state index contributed by atoms with van der Waals surface area (Å²) < 4.78 is 0. The molecular formula is C16H12N2O5S. The summed E-state index contributed by atoms with van der Waals surface area (Å²) in [6.45, 7) is -0.539. The van der Waals surface area contributed by atoms with Crippen LogP contribution in [-0.4, -0.2) is 52.4 Å². The molecule has 1 aliphatic carbocycles. The van der Waals surface area contributed by atoms with Crippen molar-refractivity contribution < 1.29 is 24.3 Å². The number of rotatable bonds is 1. The van der Waals surface area contributed by atoms with E-state index >= 15 is 0 Å². The number of nitrogens with one attached hydrogen (secondary N) is 2. The first-order chi connectivity index (χ1) is 11.5. The Morgan fingerprint density at radius 3 is 2.46 bits per heavy atom. The van der Waals surface area contributed by atoms with E-state index in [2.05, 4.69) is 10.6 Å². The fourth-order valence-electron chi connectivity index (χ4n) is 3.24. The Morgan fingerprint density at radius 1 is 1.12 bits per heavy atom. The van der Waals surface area contributed by atoms with Gasteiger partial charge in [-0.1, -0.05) is 24.3 Å². The van der Waals surface area contributed by atoms with Crippen LogP contribution in [0.2, 0.25) is 0 Å². The lowest BCUT2D eigenvalue weighted by Crippen LogP contribution is -2.72. The number of allylic oxidation sites excluding steroid dienone is 1. The van der Waals surface area contributed by atoms with Gasteiger partial charge in [-0.05, 0) is 0 Å². The number of carbonyl (C=O) groups is 4. The highest BCUT2D eigenvalue weighted by molar-refractivity contribution is 8.04. The number of amides is 2. The molecule has 3 N–H and O–H groups in total. The number of ketones is 2. The Kier molecular flexibility index (Phi) is 3.16. The van der Waals surface area contributed by atoms with Crippen molar-refractivity contribution in [2.24, 2.45) is 0 Å². The summed E-state index contributed by atoms with van der Waals surface area (Å²) in [6, 6.07) is 5.37. The highest BCUT2D eigenvalue weighted by atomic mass is 32.2. The average Bonchev–Trinajstić information content (AvgIpc) is 2.96. The molecule has 1 aromatic carbocycles. The van der Waals surface area contributed by atoms with Crippen molar-refractivity contribution >= 4 is 35.1 Å². The van der Waals surface area contributed by atoms with E-state index in [1.165, 1.54) is 6.07 Å². The molecule has 1 aromatic rings. The zero-order valence-corrected chi connectivity index (χ0v) is 13.1. The van der Waals surface area contributed by atoms with Gasteiger partial charge in [0, 0.05) is 16.9 Å². The van der Waals surface area contributed by atoms with Crippen molar-refractivity contribution in [3.8, 4) is 0 Å². The smallest absolute Gasteiger partial charge is 0.252 e. The number of hydrogen-bond donors (Lipinski definition) is 3. The Balaban J connectivity index is 1.85. The van der Waals surface area contributed by atoms with Gasteiger partial charge in [-0.2, -0.15) is 0 Å². The molecule has 2 atom stereocenters. The molecule has 4 rings (SSSR count). The van der Waals surface area contributed by atoms with Gasteiger partial charge in [0.15, 0.2) is 11.3 Å². The van der Waals surface area contributed by atoms with E-state index in [0.717, 1.165) is 11.8 Å². The van der Waals surface area contributed by atoms with E-state index in [1.54, 1.807) is 18.2 Å². The minimum atomic E-state index is -1.57. The average molecular weight is 344 g/mol. The molecule has 0 bridgehead atoms. The lowest BCUT2D eigenvalue weighted by Gasteiger charge is -2.38. The molecule has 0 saturated carbocycles. The zero-order chi connectivity index (χ0) is 17.1. The maximum absolute atomic E-state index is 12.9. The van der Waals surface area contributed by atoms with Crippen LogP contribution in [0.1, 0.15) is 20.7 Å². The van der Waals surface area contributed by atoms with Gasteiger partial charge >= 0.3 is 0 Å². The maximum atomic E-state index is 12.9. The lowest BCUT2D eigenvalue weighted by atomic mass is 9.78. The van der Waals surface area contributed by atoms with Crippen molar-refractivity contribution in [2.75, 3.05) is 12.4 Å². The zero-order valence-electron chi connectivity index (χ0n) is 12.3. The van der Waals surface area contributed by atoms with Gasteiger partial charge in [0.05, 0.1) is 17.1 Å². The van der Waals surface area contributed by atoms with Crippen molar-refractivity contribution in [3.63, 3.8) is 0 Å². The van der Waals surface area contributed by atoms with Gasteiger partial charge < -0.3 is 15.7 Å². The first-order valence-corrected chi connectivity index (χ1v) is 8.28. The third-order valence-electron chi connectivity index (χ3n) is 4.47. The highest BCUT2D eigenvalue weighted by Gasteiger charge is 2.57. The molecule has 8 heteroatoms. The van der Waals surface area contributed by atoms with Crippen LogP contribution in [0.3, 0.4) is 0 Å². The van der Waals surface area contributed by atoms with Gasteiger partial charge in [-0.3, -0.25) is 19.2 Å². The first-order valence-electron chi connectivity index (χ1n) is 7.29. The van der Waals surface area contributed by atoms with Gasteiger partial charge in [0.25, 0.3) is 5.91 Å². The van der Waals surface area contributed by atoms with Crippen molar-refractivity contribution in [2.45, 2.75) is 11.6 Å². The number of aliphatic hydroxyl groups is 1. The van der Waals surface area contributed by atoms with Crippen LogP contribution in [0.4, 0.5) is 0 Å². The largest absolute Gasteiger partial charge is 0.394 e. The Hall–Kier alpha value is -2.45. The van der Waals surface area contributed by atoms with E-state index in [0.29, 0.717) is 5.56 Å². The normalized spacial score (nSPS) is 28.6. The molecule has 1 fully saturated rings. The van der Waals surface area contributed by atoms with Crippen LogP contribution in [0.15, 0.2) is 34.7 Å². The molecule has 2 aliphatic heterocycles. The van der Waals surface area contributed by atoms with Crippen molar-refractivity contribution in [1.29, 1.82) is 0 Å². The number of piperazine rings is 1. The fraction of sp³-hybridized carbons (Fsp3) is 0.250. The molecule has 1 saturated heterocycles. The van der Waals surface area contributed by atoms with Crippen molar-refractivity contribution in [1.82, 2.24) is 10.6 Å². The van der Waals surface area contributed by atoms with E-state index < -0.39 is 35.8 Å². The van der Waals surface area contributed by atoms with Gasteiger partial charge in [0.2, 0.25) is 11.7 Å². The summed E-state index contributed by atoms with van der Waals surface area (Å²) in [5.41, 5.74) is -1.00. The Morgan fingerprint density at radius 2 is 1.79 bits per heavy atom. The number of thioether (sulfide) groups is 1. The molecule has 0 radical (unpaired) electrons. The number of fused-ring (bicyclic) bond motifs is 2. The molecule has 7 nitrogen and oxygen atoms in total. The predicted molar refractivity (Wildman–Crippen MR) is 84.5 cm³/mol. The number of aliphatic hydroxyl groups excluding tert-OH is 1. The van der Waals surface area contributed by atoms with Crippen LogP contribution in [0, 0.1) is 0 Å². The quantitative estimate of drug-likeness (QED) is 0.628. The maximum Gasteiger partial charge on any atom is 0.252 e. The van der Waals surface area contributed by atoms with Crippen LogP contribution in [-0.2, 0) is 9.59 Å². The Labute approximate surface area is 140 Å². The monoisotopic (exact) mass is 344 g/mol. The molecule has 3 aliphatic rings. The van der Waals surface area contributed by atoms with Crippen LogP contribution in [0.25, 0.3) is 0 Å². The standard InChI is InChI=1S/C16H12N2O5S/c19-5-9-14(22)18-16(15(23)17-9)6-24-13-10(16)11(20)7-3-1-2-4-8(7)12(13)21/h1-4,9,19H,5-6H2,(H,17,23)(H,18,22)/t9-,16-/m0/s1. The summed E-state index contributed by atoms with van der Waals surface area (Å²) in [7, 11) is 0. The number of Topliss-reactive ketones (excluding diaryl/α,β-unsaturated/α-hetero) is 2. The van der Waals surface area contributed by atoms with Gasteiger partial charge in [-0.25, -0.2) is 0 Å². The molecule has 122 valence electrons. The van der Waals surface area contributed by atoms with Gasteiger partial charge in [-0.15, -0.1) is 11.8 Å². The first kappa shape index (κ1) is 15.1. The third kappa shape index (κ3) is 1.78. The minimum absolute atomic E-state index is 0.0263. The van der Waals surface area contributed by atoms with Crippen LogP contribution in [0.5, 0.6) is 0 Å². The van der Waals surface area contributed by atoms with Crippen molar-refractivity contribution in [3.05, 3.63) is 45.9 Å². The van der Waals surface area contributed by atoms with E-state index in [9.17, 15) is 19.2 Å². The summed E-state index contributed by atoms with van der Waals surface area (Å²) in [5.74, 6) is -1.83.